The van der Waals surface area contributed by atoms with E-state index < -0.39 is 0 Å². The van der Waals surface area contributed by atoms with Gasteiger partial charge in [-0.3, -0.25) is 14.2 Å². The SMILES string of the molecule is CCn1cc(/C=C/C(=O)NCc2cnn(C)c2C)cn1. The Labute approximate surface area is 118 Å². The molecule has 0 atom stereocenters. The largest absolute Gasteiger partial charge is 0.348 e. The molecule has 2 aromatic rings. The fourth-order valence-electron chi connectivity index (χ4n) is 1.77. The molecule has 2 rings (SSSR count). The minimum atomic E-state index is -0.127. The lowest BCUT2D eigenvalue weighted by molar-refractivity contribution is -0.116. The van der Waals surface area contributed by atoms with Crippen molar-refractivity contribution in [1.29, 1.82) is 0 Å². The molecule has 2 heterocycles. The van der Waals surface area contributed by atoms with Crippen molar-refractivity contribution in [2.24, 2.45) is 7.05 Å². The van der Waals surface area contributed by atoms with Crippen LogP contribution in [0.25, 0.3) is 6.08 Å². The summed E-state index contributed by atoms with van der Waals surface area (Å²) in [4.78, 5) is 11.7. The number of carbonyl (C=O) groups is 1. The molecule has 0 radical (unpaired) electrons. The summed E-state index contributed by atoms with van der Waals surface area (Å²) in [6, 6.07) is 0. The van der Waals surface area contributed by atoms with Crippen molar-refractivity contribution in [2.45, 2.75) is 26.9 Å². The first kappa shape index (κ1) is 14.0. The van der Waals surface area contributed by atoms with Crippen LogP contribution in [0.4, 0.5) is 0 Å². The second kappa shape index (κ2) is 6.18. The summed E-state index contributed by atoms with van der Waals surface area (Å²) in [6.45, 7) is 5.30. The van der Waals surface area contributed by atoms with E-state index in [0.29, 0.717) is 6.54 Å². The highest BCUT2D eigenvalue weighted by Crippen LogP contribution is 2.05. The Morgan fingerprint density at radius 2 is 2.20 bits per heavy atom. The average molecular weight is 273 g/mol. The van der Waals surface area contributed by atoms with Crippen LogP contribution in [0.15, 0.2) is 24.7 Å². The van der Waals surface area contributed by atoms with Gasteiger partial charge in [-0.1, -0.05) is 0 Å². The maximum absolute atomic E-state index is 11.7. The normalized spacial score (nSPS) is 11.2. The fourth-order valence-corrected chi connectivity index (χ4v) is 1.77. The molecule has 0 aliphatic rings. The molecule has 6 heteroatoms. The van der Waals surface area contributed by atoms with Gasteiger partial charge in [0.15, 0.2) is 0 Å². The van der Waals surface area contributed by atoms with Crippen LogP contribution in [-0.2, 0) is 24.9 Å². The van der Waals surface area contributed by atoms with Gasteiger partial charge in [0.1, 0.15) is 0 Å². The van der Waals surface area contributed by atoms with Gasteiger partial charge in [-0.15, -0.1) is 0 Å². The van der Waals surface area contributed by atoms with Crippen molar-refractivity contribution >= 4 is 12.0 Å². The Morgan fingerprint density at radius 1 is 1.40 bits per heavy atom. The zero-order valence-electron chi connectivity index (χ0n) is 12.0. The van der Waals surface area contributed by atoms with E-state index in [2.05, 4.69) is 15.5 Å². The third-order valence-electron chi connectivity index (χ3n) is 3.19. The first-order chi connectivity index (χ1) is 9.60. The van der Waals surface area contributed by atoms with Gasteiger partial charge in [0.05, 0.1) is 12.4 Å². The van der Waals surface area contributed by atoms with E-state index in [0.717, 1.165) is 23.4 Å². The molecule has 0 fully saturated rings. The number of aromatic nitrogens is 4. The van der Waals surface area contributed by atoms with E-state index in [-0.39, 0.29) is 5.91 Å². The fraction of sp³-hybridized carbons (Fsp3) is 0.357. The molecule has 0 aliphatic heterocycles. The van der Waals surface area contributed by atoms with Crippen molar-refractivity contribution in [3.8, 4) is 0 Å². The monoisotopic (exact) mass is 273 g/mol. The highest BCUT2D eigenvalue weighted by atomic mass is 16.1. The van der Waals surface area contributed by atoms with Crippen LogP contribution < -0.4 is 5.32 Å². The Hall–Kier alpha value is -2.37. The second-order valence-electron chi connectivity index (χ2n) is 4.56. The number of hydrogen-bond acceptors (Lipinski definition) is 3. The molecule has 1 N–H and O–H groups in total. The molecule has 0 bridgehead atoms. The van der Waals surface area contributed by atoms with Gasteiger partial charge < -0.3 is 5.32 Å². The molecule has 20 heavy (non-hydrogen) atoms. The maximum atomic E-state index is 11.7. The van der Waals surface area contributed by atoms with Crippen molar-refractivity contribution in [3.05, 3.63) is 41.5 Å². The predicted octanol–water partition coefficient (Wildman–Crippen LogP) is 1.27. The van der Waals surface area contributed by atoms with Gasteiger partial charge in [0.25, 0.3) is 0 Å². The lowest BCUT2D eigenvalue weighted by atomic mass is 10.2. The summed E-state index contributed by atoms with van der Waals surface area (Å²) in [5.74, 6) is -0.127. The summed E-state index contributed by atoms with van der Waals surface area (Å²) in [5, 5.41) is 11.1. The summed E-state index contributed by atoms with van der Waals surface area (Å²) < 4.78 is 3.60. The second-order valence-corrected chi connectivity index (χ2v) is 4.56. The van der Waals surface area contributed by atoms with Gasteiger partial charge in [-0.2, -0.15) is 10.2 Å². The minimum absolute atomic E-state index is 0.127. The maximum Gasteiger partial charge on any atom is 0.244 e. The number of aryl methyl sites for hydroxylation is 2. The quantitative estimate of drug-likeness (QED) is 0.834. The van der Waals surface area contributed by atoms with Crippen LogP contribution in [0.1, 0.15) is 23.7 Å². The number of amides is 1. The minimum Gasteiger partial charge on any atom is -0.348 e. The smallest absolute Gasteiger partial charge is 0.244 e. The Bertz CT molecular complexity index is 623. The molecule has 0 saturated carbocycles. The number of carbonyl (C=O) groups excluding carboxylic acids is 1. The van der Waals surface area contributed by atoms with Crippen molar-refractivity contribution in [2.75, 3.05) is 0 Å². The lowest BCUT2D eigenvalue weighted by Crippen LogP contribution is -2.20. The number of nitrogens with one attached hydrogen (secondary N) is 1. The molecule has 0 saturated heterocycles. The molecule has 1 amide bonds. The van der Waals surface area contributed by atoms with E-state index >= 15 is 0 Å². The predicted molar refractivity (Wildman–Crippen MR) is 76.7 cm³/mol. The molecule has 0 unspecified atom stereocenters. The van der Waals surface area contributed by atoms with E-state index in [1.807, 2.05) is 31.8 Å². The average Bonchev–Trinajstić information content (AvgIpc) is 3.03. The number of rotatable bonds is 5. The van der Waals surface area contributed by atoms with E-state index in [1.165, 1.54) is 6.08 Å². The summed E-state index contributed by atoms with van der Waals surface area (Å²) in [5.41, 5.74) is 2.99. The molecular weight excluding hydrogens is 254 g/mol. The zero-order valence-corrected chi connectivity index (χ0v) is 12.0. The molecule has 0 aliphatic carbocycles. The van der Waals surface area contributed by atoms with Crippen LogP contribution >= 0.6 is 0 Å². The van der Waals surface area contributed by atoms with Gasteiger partial charge in [-0.05, 0) is 19.9 Å². The van der Waals surface area contributed by atoms with Crippen LogP contribution in [0, 0.1) is 6.92 Å². The van der Waals surface area contributed by atoms with Gasteiger partial charge in [0, 0.05) is 49.2 Å². The first-order valence-electron chi connectivity index (χ1n) is 6.56. The molecular formula is C14H19N5O. The zero-order chi connectivity index (χ0) is 14.5. The molecule has 0 spiro atoms. The number of hydrogen-bond donors (Lipinski definition) is 1. The Kier molecular flexibility index (Phi) is 4.34. The lowest BCUT2D eigenvalue weighted by Gasteiger charge is -2.01. The van der Waals surface area contributed by atoms with Crippen molar-refractivity contribution in [1.82, 2.24) is 24.9 Å². The van der Waals surface area contributed by atoms with E-state index in [9.17, 15) is 4.79 Å². The van der Waals surface area contributed by atoms with Crippen molar-refractivity contribution in [3.63, 3.8) is 0 Å². The van der Waals surface area contributed by atoms with Crippen LogP contribution in [0.2, 0.25) is 0 Å². The Morgan fingerprint density at radius 3 is 2.80 bits per heavy atom. The third-order valence-corrected chi connectivity index (χ3v) is 3.19. The van der Waals surface area contributed by atoms with Crippen LogP contribution in [0.3, 0.4) is 0 Å². The summed E-state index contributed by atoms with van der Waals surface area (Å²) in [6.07, 6.45) is 8.67. The molecule has 106 valence electrons. The highest BCUT2D eigenvalue weighted by Gasteiger charge is 2.04. The topological polar surface area (TPSA) is 64.7 Å². The van der Waals surface area contributed by atoms with Gasteiger partial charge in [0.2, 0.25) is 5.91 Å². The molecule has 0 aromatic carbocycles. The van der Waals surface area contributed by atoms with Crippen LogP contribution in [-0.4, -0.2) is 25.5 Å². The Balaban J connectivity index is 1.87. The van der Waals surface area contributed by atoms with Crippen molar-refractivity contribution < 1.29 is 4.79 Å². The van der Waals surface area contributed by atoms with E-state index in [1.54, 1.807) is 23.2 Å². The number of nitrogens with zero attached hydrogens (tertiary/aromatic N) is 4. The molecule has 6 nitrogen and oxygen atoms in total. The highest BCUT2D eigenvalue weighted by molar-refractivity contribution is 5.91. The summed E-state index contributed by atoms with van der Waals surface area (Å²) in [7, 11) is 1.88. The van der Waals surface area contributed by atoms with Crippen LogP contribution in [0.5, 0.6) is 0 Å². The van der Waals surface area contributed by atoms with E-state index in [4.69, 9.17) is 0 Å². The summed E-state index contributed by atoms with van der Waals surface area (Å²) >= 11 is 0. The third kappa shape index (κ3) is 3.34. The molecule has 2 aromatic heterocycles. The first-order valence-corrected chi connectivity index (χ1v) is 6.56. The van der Waals surface area contributed by atoms with Gasteiger partial charge in [-0.25, -0.2) is 0 Å². The standard InChI is InChI=1S/C14H19N5O/c1-4-19-10-12(7-17-19)5-6-14(20)15-8-13-9-16-18(3)11(13)2/h5-7,9-10H,4,8H2,1-3H3,(H,15,20)/b6-5+. The van der Waals surface area contributed by atoms with Gasteiger partial charge >= 0.3 is 0 Å².